The van der Waals surface area contributed by atoms with E-state index in [2.05, 4.69) is 15.1 Å². The fourth-order valence-corrected chi connectivity index (χ4v) is 3.78. The van der Waals surface area contributed by atoms with E-state index in [9.17, 15) is 4.79 Å². The highest BCUT2D eigenvalue weighted by atomic mass is 32.1. The number of benzene rings is 1. The molecule has 3 rings (SSSR count). The van der Waals surface area contributed by atoms with Crippen LogP contribution < -0.4 is 15.0 Å². The van der Waals surface area contributed by atoms with Crippen molar-refractivity contribution in [1.82, 2.24) is 4.90 Å². The van der Waals surface area contributed by atoms with Crippen molar-refractivity contribution in [1.29, 1.82) is 0 Å². The van der Waals surface area contributed by atoms with Crippen LogP contribution in [0.25, 0.3) is 0 Å². The van der Waals surface area contributed by atoms with Gasteiger partial charge in [0.1, 0.15) is 5.75 Å². The molecule has 2 heterocycles. The summed E-state index contributed by atoms with van der Waals surface area (Å²) in [5, 5.41) is 5.14. The number of anilines is 2. The summed E-state index contributed by atoms with van der Waals surface area (Å²) in [7, 11) is 1.65. The summed E-state index contributed by atoms with van der Waals surface area (Å²) in [6.45, 7) is 3.48. The van der Waals surface area contributed by atoms with E-state index in [0.717, 1.165) is 58.9 Å². The van der Waals surface area contributed by atoms with Gasteiger partial charge in [-0.25, -0.2) is 0 Å². The molecule has 1 N–H and O–H groups in total. The maximum atomic E-state index is 10.8. The van der Waals surface area contributed by atoms with E-state index < -0.39 is 0 Å². The molecule has 0 bridgehead atoms. The van der Waals surface area contributed by atoms with Gasteiger partial charge in [-0.05, 0) is 36.5 Å². The molecule has 126 valence electrons. The third kappa shape index (κ3) is 3.85. The number of methoxy groups -OCH3 is 1. The van der Waals surface area contributed by atoms with Crippen molar-refractivity contribution in [2.24, 2.45) is 0 Å². The van der Waals surface area contributed by atoms with Gasteiger partial charge >= 0.3 is 0 Å². The fourth-order valence-electron chi connectivity index (χ4n) is 2.61. The van der Waals surface area contributed by atoms with Crippen molar-refractivity contribution in [2.45, 2.75) is 0 Å². The van der Waals surface area contributed by atoms with Crippen molar-refractivity contribution >= 4 is 45.6 Å². The number of hydrogen-bond donors (Lipinski definition) is 1. The second-order valence-electron chi connectivity index (χ2n) is 5.43. The van der Waals surface area contributed by atoms with Crippen LogP contribution in [-0.4, -0.2) is 49.6 Å². The van der Waals surface area contributed by atoms with Crippen molar-refractivity contribution in [2.75, 3.05) is 43.5 Å². The summed E-state index contributed by atoms with van der Waals surface area (Å²) in [5.41, 5.74) is 0.927. The predicted molar refractivity (Wildman–Crippen MR) is 103 cm³/mol. The fraction of sp³-hybridized carbons (Fsp3) is 0.294. The standard InChI is InChI=1S/C17H19N3O2S2/c1-22-14-4-2-3-13(11-14)18-17(23)20-9-7-19(8-10-20)16-6-5-15(12-21)24-16/h2-6,11-12H,7-10H2,1H3,(H,18,23). The van der Waals surface area contributed by atoms with E-state index in [-0.39, 0.29) is 0 Å². The molecule has 0 atom stereocenters. The third-order valence-corrected chi connectivity index (χ3v) is 5.36. The molecule has 5 nitrogen and oxygen atoms in total. The van der Waals surface area contributed by atoms with Crippen molar-refractivity contribution in [3.8, 4) is 5.75 Å². The topological polar surface area (TPSA) is 44.8 Å². The molecule has 2 aromatic rings. The minimum absolute atomic E-state index is 0.725. The summed E-state index contributed by atoms with van der Waals surface area (Å²) in [5.74, 6) is 0.802. The Kier molecular flexibility index (Phi) is 5.32. The molecular weight excluding hydrogens is 342 g/mol. The van der Waals surface area contributed by atoms with Crippen LogP contribution >= 0.6 is 23.6 Å². The van der Waals surface area contributed by atoms with Crippen LogP contribution in [0.5, 0.6) is 5.75 Å². The minimum Gasteiger partial charge on any atom is -0.497 e. The molecule has 1 aliphatic heterocycles. The van der Waals surface area contributed by atoms with Gasteiger partial charge in [-0.1, -0.05) is 6.07 Å². The average molecular weight is 361 g/mol. The second-order valence-corrected chi connectivity index (χ2v) is 6.91. The smallest absolute Gasteiger partial charge is 0.173 e. The molecule has 0 radical (unpaired) electrons. The zero-order chi connectivity index (χ0) is 16.9. The molecule has 24 heavy (non-hydrogen) atoms. The molecule has 1 aliphatic rings. The largest absolute Gasteiger partial charge is 0.497 e. The SMILES string of the molecule is COc1cccc(NC(=S)N2CCN(c3ccc(C=O)s3)CC2)c1. The van der Waals surface area contributed by atoms with Crippen LogP contribution in [0.2, 0.25) is 0 Å². The van der Waals surface area contributed by atoms with Gasteiger partial charge in [0.2, 0.25) is 0 Å². The Morgan fingerprint density at radius 2 is 2.04 bits per heavy atom. The molecule has 0 aliphatic carbocycles. The van der Waals surface area contributed by atoms with Gasteiger partial charge in [-0.3, -0.25) is 4.79 Å². The molecule has 0 amide bonds. The van der Waals surface area contributed by atoms with E-state index in [1.54, 1.807) is 7.11 Å². The summed E-state index contributed by atoms with van der Waals surface area (Å²) in [6.07, 6.45) is 0.900. The molecule has 0 spiro atoms. The highest BCUT2D eigenvalue weighted by molar-refractivity contribution is 7.80. The molecule has 7 heteroatoms. The zero-order valence-electron chi connectivity index (χ0n) is 13.4. The number of rotatable bonds is 4. The summed E-state index contributed by atoms with van der Waals surface area (Å²) >= 11 is 7.06. The molecule has 0 saturated carbocycles. The quantitative estimate of drug-likeness (QED) is 0.667. The Hall–Kier alpha value is -2.12. The van der Waals surface area contributed by atoms with Crippen molar-refractivity contribution < 1.29 is 9.53 Å². The Balaban J connectivity index is 1.55. The van der Waals surface area contributed by atoms with Gasteiger partial charge in [0.25, 0.3) is 0 Å². The highest BCUT2D eigenvalue weighted by Gasteiger charge is 2.20. The lowest BCUT2D eigenvalue weighted by atomic mass is 10.3. The Morgan fingerprint density at radius 1 is 1.25 bits per heavy atom. The lowest BCUT2D eigenvalue weighted by molar-refractivity contribution is 0.112. The van der Waals surface area contributed by atoms with Gasteiger partial charge in [-0.15, -0.1) is 11.3 Å². The maximum Gasteiger partial charge on any atom is 0.173 e. The highest BCUT2D eigenvalue weighted by Crippen LogP contribution is 2.26. The van der Waals surface area contributed by atoms with E-state index >= 15 is 0 Å². The lowest BCUT2D eigenvalue weighted by Crippen LogP contribution is -2.49. The number of thiophene rings is 1. The third-order valence-electron chi connectivity index (χ3n) is 3.93. The zero-order valence-corrected chi connectivity index (χ0v) is 15.0. The van der Waals surface area contributed by atoms with Crippen molar-refractivity contribution in [3.63, 3.8) is 0 Å². The van der Waals surface area contributed by atoms with Crippen molar-refractivity contribution in [3.05, 3.63) is 41.3 Å². The number of carbonyl (C=O) groups is 1. The molecule has 0 unspecified atom stereocenters. The monoisotopic (exact) mass is 361 g/mol. The van der Waals surface area contributed by atoms with Crippen LogP contribution in [0.15, 0.2) is 36.4 Å². The van der Waals surface area contributed by atoms with Gasteiger partial charge in [0.15, 0.2) is 11.4 Å². The number of piperazine rings is 1. The summed E-state index contributed by atoms with van der Waals surface area (Å²) in [6, 6.07) is 11.6. The normalized spacial score (nSPS) is 14.4. The first-order valence-electron chi connectivity index (χ1n) is 7.69. The number of carbonyl (C=O) groups excluding carboxylic acids is 1. The number of thiocarbonyl (C=S) groups is 1. The van der Waals surface area contributed by atoms with Crippen LogP contribution in [0.4, 0.5) is 10.7 Å². The molecular formula is C17H19N3O2S2. The minimum atomic E-state index is 0.725. The number of aldehydes is 1. The number of hydrogen-bond acceptors (Lipinski definition) is 5. The maximum absolute atomic E-state index is 10.8. The Morgan fingerprint density at radius 3 is 2.71 bits per heavy atom. The van der Waals surface area contributed by atoms with Crippen LogP contribution in [-0.2, 0) is 0 Å². The molecule has 1 saturated heterocycles. The van der Waals surface area contributed by atoms with E-state index in [0.29, 0.717) is 0 Å². The number of ether oxygens (including phenoxy) is 1. The number of nitrogens with zero attached hydrogens (tertiary/aromatic N) is 2. The van der Waals surface area contributed by atoms with E-state index in [1.807, 2.05) is 36.4 Å². The van der Waals surface area contributed by atoms with Crippen LogP contribution in [0.1, 0.15) is 9.67 Å². The average Bonchev–Trinajstić information content (AvgIpc) is 3.11. The van der Waals surface area contributed by atoms with Gasteiger partial charge < -0.3 is 19.9 Å². The lowest BCUT2D eigenvalue weighted by Gasteiger charge is -2.36. The Bertz CT molecular complexity index is 724. The van der Waals surface area contributed by atoms with Gasteiger partial charge in [0, 0.05) is 37.9 Å². The molecule has 1 aromatic carbocycles. The summed E-state index contributed by atoms with van der Waals surface area (Å²) < 4.78 is 5.23. The molecule has 1 aromatic heterocycles. The molecule has 1 fully saturated rings. The van der Waals surface area contributed by atoms with Gasteiger partial charge in [-0.2, -0.15) is 0 Å². The summed E-state index contributed by atoms with van der Waals surface area (Å²) in [4.78, 5) is 16.0. The second kappa shape index (κ2) is 7.63. The Labute approximate surface area is 150 Å². The first-order valence-corrected chi connectivity index (χ1v) is 8.92. The van der Waals surface area contributed by atoms with E-state index in [1.165, 1.54) is 11.3 Å². The predicted octanol–water partition coefficient (Wildman–Crippen LogP) is 3.09. The van der Waals surface area contributed by atoms with E-state index in [4.69, 9.17) is 17.0 Å². The van der Waals surface area contributed by atoms with Crippen LogP contribution in [0.3, 0.4) is 0 Å². The number of nitrogens with one attached hydrogen (secondary N) is 1. The first-order chi connectivity index (χ1) is 11.7. The van der Waals surface area contributed by atoms with Crippen LogP contribution in [0, 0.1) is 0 Å². The first kappa shape index (κ1) is 16.7. The van der Waals surface area contributed by atoms with Gasteiger partial charge in [0.05, 0.1) is 17.0 Å².